The van der Waals surface area contributed by atoms with Crippen LogP contribution in [-0.4, -0.2) is 36.9 Å². The van der Waals surface area contributed by atoms with E-state index in [1.54, 1.807) is 0 Å². The van der Waals surface area contributed by atoms with E-state index < -0.39 is 16.0 Å². The first-order valence-electron chi connectivity index (χ1n) is 6.46. The molecule has 1 aliphatic heterocycles. The van der Waals surface area contributed by atoms with Gasteiger partial charge in [-0.3, -0.25) is 0 Å². The van der Waals surface area contributed by atoms with Gasteiger partial charge in [-0.05, 0) is 30.9 Å². The van der Waals surface area contributed by atoms with Gasteiger partial charge in [0.1, 0.15) is 4.90 Å². The Balaban J connectivity index is 2.49. The van der Waals surface area contributed by atoms with Gasteiger partial charge in [0.2, 0.25) is 10.0 Å². The van der Waals surface area contributed by atoms with Crippen molar-refractivity contribution < 1.29 is 18.3 Å². The van der Waals surface area contributed by atoms with Crippen LogP contribution in [0, 0.1) is 5.92 Å². The summed E-state index contributed by atoms with van der Waals surface area (Å²) in [6, 6.07) is 2.19. The molecule has 1 aliphatic rings. The fourth-order valence-electron chi connectivity index (χ4n) is 2.39. The van der Waals surface area contributed by atoms with Crippen molar-refractivity contribution >= 4 is 39.2 Å². The smallest absolute Gasteiger partial charge is 0.337 e. The van der Waals surface area contributed by atoms with Gasteiger partial charge in [-0.1, -0.05) is 30.1 Å². The van der Waals surface area contributed by atoms with Gasteiger partial charge in [0.25, 0.3) is 0 Å². The molecule has 21 heavy (non-hydrogen) atoms. The quantitative estimate of drug-likeness (QED) is 0.907. The number of rotatable bonds is 3. The van der Waals surface area contributed by atoms with Crippen LogP contribution < -0.4 is 0 Å². The fraction of sp³-hybridized carbons (Fsp3) is 0.462. The van der Waals surface area contributed by atoms with Crippen LogP contribution >= 0.6 is 23.2 Å². The predicted molar refractivity (Wildman–Crippen MR) is 80.6 cm³/mol. The fourth-order valence-corrected chi connectivity index (χ4v) is 4.82. The first-order chi connectivity index (χ1) is 9.73. The third-order valence-electron chi connectivity index (χ3n) is 3.49. The minimum atomic E-state index is -3.82. The highest BCUT2D eigenvalue weighted by Gasteiger charge is 2.31. The van der Waals surface area contributed by atoms with Crippen molar-refractivity contribution in [1.29, 1.82) is 0 Å². The van der Waals surface area contributed by atoms with Gasteiger partial charge in [-0.2, -0.15) is 4.31 Å². The second-order valence-corrected chi connectivity index (χ2v) is 7.90. The Labute approximate surface area is 133 Å². The molecule has 0 radical (unpaired) electrons. The average molecular weight is 352 g/mol. The lowest BCUT2D eigenvalue weighted by Gasteiger charge is -2.30. The van der Waals surface area contributed by atoms with Gasteiger partial charge in [-0.15, -0.1) is 0 Å². The van der Waals surface area contributed by atoms with Crippen LogP contribution in [-0.2, 0) is 10.0 Å². The van der Waals surface area contributed by atoms with Crippen molar-refractivity contribution in [3.8, 4) is 0 Å². The van der Waals surface area contributed by atoms with E-state index in [2.05, 4.69) is 0 Å². The predicted octanol–water partition coefficient (Wildman–Crippen LogP) is 3.11. The lowest BCUT2D eigenvalue weighted by molar-refractivity contribution is 0.0697. The van der Waals surface area contributed by atoms with Crippen LogP contribution in [0.4, 0.5) is 0 Å². The van der Waals surface area contributed by atoms with E-state index in [9.17, 15) is 13.2 Å². The van der Waals surface area contributed by atoms with E-state index in [0.717, 1.165) is 25.0 Å². The number of hydrogen-bond donors (Lipinski definition) is 1. The first-order valence-corrected chi connectivity index (χ1v) is 8.65. The van der Waals surface area contributed by atoms with E-state index >= 15 is 0 Å². The summed E-state index contributed by atoms with van der Waals surface area (Å²) >= 11 is 11.7. The van der Waals surface area contributed by atoms with E-state index in [1.807, 2.05) is 6.92 Å². The van der Waals surface area contributed by atoms with Crippen LogP contribution in [0.2, 0.25) is 10.0 Å². The number of carboxylic acids is 1. The minimum Gasteiger partial charge on any atom is -0.478 e. The summed E-state index contributed by atoms with van der Waals surface area (Å²) < 4.78 is 26.6. The highest BCUT2D eigenvalue weighted by molar-refractivity contribution is 7.89. The standard InChI is InChI=1S/C13H15Cl2NO4S/c1-8-3-2-4-16(7-8)21(19,20)12-5-9(13(17)18)10(14)6-11(12)15/h5-6,8H,2-4,7H2,1H3,(H,17,18). The van der Waals surface area contributed by atoms with Crippen LogP contribution in [0.25, 0.3) is 0 Å². The van der Waals surface area contributed by atoms with Crippen LogP contribution in [0.15, 0.2) is 17.0 Å². The summed E-state index contributed by atoms with van der Waals surface area (Å²) in [5.41, 5.74) is -0.273. The monoisotopic (exact) mass is 351 g/mol. The van der Waals surface area contributed by atoms with E-state index in [4.69, 9.17) is 28.3 Å². The lowest BCUT2D eigenvalue weighted by atomic mass is 10.0. The van der Waals surface area contributed by atoms with Crippen molar-refractivity contribution in [3.63, 3.8) is 0 Å². The number of sulfonamides is 1. The van der Waals surface area contributed by atoms with E-state index in [1.165, 1.54) is 4.31 Å². The molecule has 5 nitrogen and oxygen atoms in total. The summed E-state index contributed by atoms with van der Waals surface area (Å²) in [5, 5.41) is 8.91. The molecule has 116 valence electrons. The molecule has 1 aromatic carbocycles. The highest BCUT2D eigenvalue weighted by atomic mass is 35.5. The SMILES string of the molecule is CC1CCCN(S(=O)(=O)c2cc(C(=O)O)c(Cl)cc2Cl)C1. The van der Waals surface area contributed by atoms with Gasteiger partial charge in [0.15, 0.2) is 0 Å². The number of halogens is 2. The molecule has 1 N–H and O–H groups in total. The molecule has 0 aromatic heterocycles. The summed E-state index contributed by atoms with van der Waals surface area (Å²) in [6.45, 7) is 2.80. The Hall–Kier alpha value is -0.820. The normalized spacial score (nSPS) is 20.4. The van der Waals surface area contributed by atoms with Crippen LogP contribution in [0.1, 0.15) is 30.1 Å². The first kappa shape index (κ1) is 16.5. The number of nitrogens with zero attached hydrogens (tertiary/aromatic N) is 1. The molecule has 1 fully saturated rings. The Bertz CT molecular complexity index is 675. The summed E-state index contributed by atoms with van der Waals surface area (Å²) in [4.78, 5) is 10.9. The molecule has 0 amide bonds. The number of piperidine rings is 1. The molecule has 0 aliphatic carbocycles. The third-order valence-corrected chi connectivity index (χ3v) is 6.13. The highest BCUT2D eigenvalue weighted by Crippen LogP contribution is 2.32. The average Bonchev–Trinajstić information content (AvgIpc) is 2.37. The van der Waals surface area contributed by atoms with Crippen molar-refractivity contribution in [2.75, 3.05) is 13.1 Å². The molecule has 1 heterocycles. The molecular weight excluding hydrogens is 337 g/mol. The second kappa shape index (κ2) is 6.12. The Morgan fingerprint density at radius 2 is 2.00 bits per heavy atom. The topological polar surface area (TPSA) is 74.7 Å². The second-order valence-electron chi connectivity index (χ2n) is 5.18. The molecule has 1 atom stereocenters. The van der Waals surface area contributed by atoms with Gasteiger partial charge in [0.05, 0.1) is 15.6 Å². The Morgan fingerprint density at radius 3 is 2.57 bits per heavy atom. The van der Waals surface area contributed by atoms with Crippen molar-refractivity contribution in [3.05, 3.63) is 27.7 Å². The van der Waals surface area contributed by atoms with Crippen LogP contribution in [0.3, 0.4) is 0 Å². The Morgan fingerprint density at radius 1 is 1.33 bits per heavy atom. The summed E-state index contributed by atoms with van der Waals surface area (Å²) in [7, 11) is -3.82. The lowest BCUT2D eigenvalue weighted by Crippen LogP contribution is -2.39. The zero-order valence-electron chi connectivity index (χ0n) is 11.3. The number of benzene rings is 1. The maximum absolute atomic E-state index is 12.6. The number of hydrogen-bond acceptors (Lipinski definition) is 3. The molecule has 2 rings (SSSR count). The van der Waals surface area contributed by atoms with Crippen molar-refractivity contribution in [1.82, 2.24) is 4.31 Å². The molecule has 8 heteroatoms. The molecule has 0 spiro atoms. The van der Waals surface area contributed by atoms with Gasteiger partial charge in [0, 0.05) is 13.1 Å². The number of carboxylic acid groups (broad SMARTS) is 1. The largest absolute Gasteiger partial charge is 0.478 e. The van der Waals surface area contributed by atoms with Crippen LogP contribution in [0.5, 0.6) is 0 Å². The maximum atomic E-state index is 12.6. The molecule has 0 saturated carbocycles. The number of carbonyl (C=O) groups is 1. The zero-order valence-corrected chi connectivity index (χ0v) is 13.7. The molecule has 1 aromatic rings. The minimum absolute atomic E-state index is 0.0665. The summed E-state index contributed by atoms with van der Waals surface area (Å²) in [5.74, 6) is -1.03. The molecule has 1 unspecified atom stereocenters. The van der Waals surface area contributed by atoms with Crippen molar-refractivity contribution in [2.45, 2.75) is 24.7 Å². The molecule has 1 saturated heterocycles. The van der Waals surface area contributed by atoms with Gasteiger partial charge < -0.3 is 5.11 Å². The molecular formula is C13H15Cl2NO4S. The zero-order chi connectivity index (χ0) is 15.8. The van der Waals surface area contributed by atoms with Gasteiger partial charge in [-0.25, -0.2) is 13.2 Å². The Kier molecular flexibility index (Phi) is 4.82. The third kappa shape index (κ3) is 3.34. The summed E-state index contributed by atoms with van der Waals surface area (Å²) in [6.07, 6.45) is 1.75. The van der Waals surface area contributed by atoms with E-state index in [0.29, 0.717) is 13.1 Å². The maximum Gasteiger partial charge on any atom is 0.337 e. The van der Waals surface area contributed by atoms with Gasteiger partial charge >= 0.3 is 5.97 Å². The number of aromatic carboxylic acids is 1. The van der Waals surface area contributed by atoms with E-state index in [-0.39, 0.29) is 26.4 Å². The molecule has 0 bridgehead atoms. The van der Waals surface area contributed by atoms with Crippen molar-refractivity contribution in [2.24, 2.45) is 5.92 Å².